The van der Waals surface area contributed by atoms with Crippen molar-refractivity contribution in [3.63, 3.8) is 0 Å². The molecule has 0 bridgehead atoms. The number of benzene rings is 1. The van der Waals surface area contributed by atoms with Crippen LogP contribution in [0.1, 0.15) is 31.2 Å². The fraction of sp³-hybridized carbons (Fsp3) is 0.632. The largest absolute Gasteiger partial charge is 0.352 e. The second-order valence-electron chi connectivity index (χ2n) is 7.67. The number of hydrogen-bond acceptors (Lipinski definition) is 3. The van der Waals surface area contributed by atoms with E-state index in [1.807, 2.05) is 6.07 Å². The number of nitrogens with one attached hydrogen (secondary N) is 1. The summed E-state index contributed by atoms with van der Waals surface area (Å²) in [6.45, 7) is 2.83. The Morgan fingerprint density at radius 2 is 2.12 bits per heavy atom. The van der Waals surface area contributed by atoms with Crippen LogP contribution in [-0.4, -0.2) is 45.7 Å². The molecule has 3 fully saturated rings. The molecule has 2 heterocycles. The molecule has 1 N–H and O–H groups in total. The number of rotatable bonds is 4. The zero-order chi connectivity index (χ0) is 16.6. The van der Waals surface area contributed by atoms with E-state index in [4.69, 9.17) is 0 Å². The Balaban J connectivity index is 1.44. The highest BCUT2D eigenvalue weighted by Gasteiger charge is 2.54. The fourth-order valence-electron chi connectivity index (χ4n) is 4.83. The highest BCUT2D eigenvalue weighted by Crippen LogP contribution is 2.49. The summed E-state index contributed by atoms with van der Waals surface area (Å²) in [5, 5.41) is 3.24. The molecule has 3 aliphatic rings. The number of carbonyl (C=O) groups is 1. The van der Waals surface area contributed by atoms with Gasteiger partial charge in [-0.3, -0.25) is 13.9 Å². The molecule has 4 nitrogen and oxygen atoms in total. The highest BCUT2D eigenvalue weighted by molar-refractivity contribution is 7.85. The molecule has 0 unspecified atom stereocenters. The standard InChI is InChI=1S/C19H26N2O2S/c22-18(20-17-8-10-24(23)13-17)19-9-4-7-16(19)12-21(14-19)11-15-5-2-1-3-6-15/h1-3,5-6,16-17H,4,7-14H2,(H,20,22)/t16-,17-,19-,24-/m1/s1. The highest BCUT2D eigenvalue weighted by atomic mass is 32.2. The van der Waals surface area contributed by atoms with Gasteiger partial charge in [-0.2, -0.15) is 0 Å². The number of fused-ring (bicyclic) bond motifs is 1. The molecule has 0 aromatic heterocycles. The van der Waals surface area contributed by atoms with Crippen LogP contribution in [0.3, 0.4) is 0 Å². The molecule has 1 saturated carbocycles. The Morgan fingerprint density at radius 3 is 2.88 bits per heavy atom. The number of likely N-dealkylation sites (tertiary alicyclic amines) is 1. The minimum Gasteiger partial charge on any atom is -0.352 e. The van der Waals surface area contributed by atoms with Gasteiger partial charge in [0.15, 0.2) is 0 Å². The zero-order valence-corrected chi connectivity index (χ0v) is 14.9. The predicted octanol–water partition coefficient (Wildman–Crippen LogP) is 1.93. The lowest BCUT2D eigenvalue weighted by Crippen LogP contribution is -2.48. The van der Waals surface area contributed by atoms with Crippen molar-refractivity contribution in [2.24, 2.45) is 11.3 Å². The SMILES string of the molecule is O=C(N[C@@H]1CC[S@@](=O)C1)[C@@]12CCC[C@@H]1CN(Cc1ccccc1)C2. The van der Waals surface area contributed by atoms with E-state index in [2.05, 4.69) is 34.5 Å². The lowest BCUT2D eigenvalue weighted by molar-refractivity contribution is -0.132. The summed E-state index contributed by atoms with van der Waals surface area (Å²) in [7, 11) is -0.738. The van der Waals surface area contributed by atoms with Gasteiger partial charge in [-0.05, 0) is 30.7 Å². The first-order valence-electron chi connectivity index (χ1n) is 9.08. The molecule has 1 aromatic carbocycles. The Morgan fingerprint density at radius 1 is 1.29 bits per heavy atom. The summed E-state index contributed by atoms with van der Waals surface area (Å²) in [5.41, 5.74) is 1.11. The van der Waals surface area contributed by atoms with E-state index in [0.717, 1.165) is 51.1 Å². The van der Waals surface area contributed by atoms with Crippen LogP contribution in [0.15, 0.2) is 30.3 Å². The monoisotopic (exact) mass is 346 g/mol. The molecular weight excluding hydrogens is 320 g/mol. The summed E-state index contributed by atoms with van der Waals surface area (Å²) in [4.78, 5) is 15.5. The van der Waals surface area contributed by atoms with Crippen LogP contribution in [0.4, 0.5) is 0 Å². The van der Waals surface area contributed by atoms with Gasteiger partial charge in [0.1, 0.15) is 0 Å². The van der Waals surface area contributed by atoms with Gasteiger partial charge in [-0.25, -0.2) is 0 Å². The van der Waals surface area contributed by atoms with Crippen LogP contribution in [0, 0.1) is 11.3 Å². The molecule has 1 aliphatic carbocycles. The Labute approximate surface area is 146 Å². The van der Waals surface area contributed by atoms with Crippen molar-refractivity contribution in [2.45, 2.75) is 38.3 Å². The van der Waals surface area contributed by atoms with Crippen molar-refractivity contribution in [1.29, 1.82) is 0 Å². The van der Waals surface area contributed by atoms with Gasteiger partial charge in [0.2, 0.25) is 5.91 Å². The minimum atomic E-state index is -0.738. The number of carbonyl (C=O) groups excluding carboxylic acids is 1. The minimum absolute atomic E-state index is 0.122. The second-order valence-corrected chi connectivity index (χ2v) is 9.29. The summed E-state index contributed by atoms with van der Waals surface area (Å²) < 4.78 is 11.6. The number of hydrogen-bond donors (Lipinski definition) is 1. The van der Waals surface area contributed by atoms with Gasteiger partial charge in [-0.1, -0.05) is 36.8 Å². The molecule has 4 atom stereocenters. The quantitative estimate of drug-likeness (QED) is 0.906. The normalized spacial score (nSPS) is 35.9. The Bertz CT molecular complexity index is 636. The Hall–Kier alpha value is -1.20. The third-order valence-corrected chi connectivity index (χ3v) is 7.52. The molecule has 1 aromatic rings. The first kappa shape index (κ1) is 16.3. The van der Waals surface area contributed by atoms with Gasteiger partial charge < -0.3 is 5.32 Å². The van der Waals surface area contributed by atoms with Crippen molar-refractivity contribution in [3.8, 4) is 0 Å². The average Bonchev–Trinajstić information content (AvgIpc) is 3.23. The second kappa shape index (κ2) is 6.60. The van der Waals surface area contributed by atoms with Crippen LogP contribution < -0.4 is 5.32 Å². The van der Waals surface area contributed by atoms with Crippen LogP contribution in [0.25, 0.3) is 0 Å². The number of amides is 1. The lowest BCUT2D eigenvalue weighted by atomic mass is 9.79. The Kier molecular flexibility index (Phi) is 4.48. The van der Waals surface area contributed by atoms with Crippen molar-refractivity contribution in [1.82, 2.24) is 10.2 Å². The van der Waals surface area contributed by atoms with E-state index in [-0.39, 0.29) is 17.4 Å². The van der Waals surface area contributed by atoms with Gasteiger partial charge >= 0.3 is 0 Å². The van der Waals surface area contributed by atoms with Crippen molar-refractivity contribution in [2.75, 3.05) is 24.6 Å². The van der Waals surface area contributed by atoms with E-state index >= 15 is 0 Å². The van der Waals surface area contributed by atoms with E-state index < -0.39 is 10.8 Å². The molecule has 5 heteroatoms. The van der Waals surface area contributed by atoms with Crippen LogP contribution in [0.2, 0.25) is 0 Å². The summed E-state index contributed by atoms with van der Waals surface area (Å²) in [6.07, 6.45) is 4.20. The molecule has 130 valence electrons. The topological polar surface area (TPSA) is 49.4 Å². The van der Waals surface area contributed by atoms with Gasteiger partial charge in [-0.15, -0.1) is 0 Å². The van der Waals surface area contributed by atoms with E-state index in [0.29, 0.717) is 11.7 Å². The van der Waals surface area contributed by atoms with E-state index in [1.54, 1.807) is 0 Å². The zero-order valence-electron chi connectivity index (χ0n) is 14.1. The first-order chi connectivity index (χ1) is 11.7. The van der Waals surface area contributed by atoms with Crippen molar-refractivity contribution < 1.29 is 9.00 Å². The van der Waals surface area contributed by atoms with Crippen LogP contribution >= 0.6 is 0 Å². The van der Waals surface area contributed by atoms with Crippen molar-refractivity contribution >= 4 is 16.7 Å². The average molecular weight is 346 g/mol. The molecule has 0 spiro atoms. The molecule has 2 saturated heterocycles. The maximum atomic E-state index is 13.1. The molecule has 2 aliphatic heterocycles. The molecular formula is C19H26N2O2S. The molecule has 0 radical (unpaired) electrons. The maximum Gasteiger partial charge on any atom is 0.228 e. The van der Waals surface area contributed by atoms with Crippen LogP contribution in [-0.2, 0) is 22.1 Å². The molecule has 4 rings (SSSR count). The van der Waals surface area contributed by atoms with E-state index in [9.17, 15) is 9.00 Å². The first-order valence-corrected chi connectivity index (χ1v) is 10.6. The summed E-state index contributed by atoms with van der Waals surface area (Å²) in [6, 6.07) is 10.6. The third kappa shape index (κ3) is 3.04. The summed E-state index contributed by atoms with van der Waals surface area (Å²) >= 11 is 0. The van der Waals surface area contributed by atoms with E-state index in [1.165, 1.54) is 5.56 Å². The maximum absolute atomic E-state index is 13.1. The lowest BCUT2D eigenvalue weighted by Gasteiger charge is -2.29. The molecule has 24 heavy (non-hydrogen) atoms. The molecule has 1 amide bonds. The number of nitrogens with zero attached hydrogens (tertiary/aromatic N) is 1. The van der Waals surface area contributed by atoms with Crippen molar-refractivity contribution in [3.05, 3.63) is 35.9 Å². The van der Waals surface area contributed by atoms with Gasteiger partial charge in [0, 0.05) is 48.0 Å². The predicted molar refractivity (Wildman–Crippen MR) is 95.9 cm³/mol. The third-order valence-electron chi connectivity index (χ3n) is 6.06. The van der Waals surface area contributed by atoms with Gasteiger partial charge in [0.05, 0.1) is 5.41 Å². The fourth-order valence-corrected chi connectivity index (χ4v) is 6.25. The van der Waals surface area contributed by atoms with Gasteiger partial charge in [0.25, 0.3) is 0 Å². The summed E-state index contributed by atoms with van der Waals surface area (Å²) in [5.74, 6) is 2.08. The van der Waals surface area contributed by atoms with Crippen LogP contribution in [0.5, 0.6) is 0 Å². The smallest absolute Gasteiger partial charge is 0.228 e.